The quantitative estimate of drug-likeness (QED) is 0.744. The van der Waals surface area contributed by atoms with Gasteiger partial charge in [0.15, 0.2) is 5.13 Å². The maximum Gasteiger partial charge on any atom is 0.183 e. The van der Waals surface area contributed by atoms with Gasteiger partial charge < -0.3 is 16.0 Å². The summed E-state index contributed by atoms with van der Waals surface area (Å²) in [6, 6.07) is 5.27. The van der Waals surface area contributed by atoms with Gasteiger partial charge in [0, 0.05) is 32.9 Å². The third-order valence-corrected chi connectivity index (χ3v) is 3.16. The number of hydrogen-bond acceptors (Lipinski definition) is 5. The molecular weight excluding hydrogens is 208 g/mol. The number of hydrogen-bond donors (Lipinski definition) is 3. The highest BCUT2D eigenvalue weighted by Gasteiger charge is 2.08. The molecule has 15 heavy (non-hydrogen) atoms. The Morgan fingerprint density at radius 2 is 2.00 bits per heavy atom. The van der Waals surface area contributed by atoms with Crippen LogP contribution in [0.2, 0.25) is 0 Å². The Morgan fingerprint density at radius 3 is 2.60 bits per heavy atom. The van der Waals surface area contributed by atoms with Crippen molar-refractivity contribution in [1.82, 2.24) is 4.98 Å². The molecule has 4 nitrogen and oxygen atoms in total. The second kappa shape index (κ2) is 3.94. The molecular formula is C10H13N4S. The number of anilines is 3. The molecule has 0 saturated carbocycles. The molecule has 0 fully saturated rings. The van der Waals surface area contributed by atoms with Crippen molar-refractivity contribution in [1.29, 1.82) is 0 Å². The van der Waals surface area contributed by atoms with Gasteiger partial charge in [-0.1, -0.05) is 11.3 Å². The second-order valence-corrected chi connectivity index (χ2v) is 4.04. The smallest absolute Gasteiger partial charge is 0.183 e. The number of nitrogens with one attached hydrogen (secondary N) is 3. The number of fused-ring (bicyclic) bond motifs is 1. The average Bonchev–Trinajstić information content (AvgIpc) is 2.70. The first-order chi connectivity index (χ1) is 7.28. The molecule has 0 atom stereocenters. The molecule has 1 heterocycles. The lowest BCUT2D eigenvalue weighted by molar-refractivity contribution is 1.40. The molecule has 1 aromatic carbocycles. The number of aromatic nitrogens is 1. The largest absolute Gasteiger partial charge is 0.388 e. The summed E-state index contributed by atoms with van der Waals surface area (Å²) in [4.78, 5) is 4.46. The van der Waals surface area contributed by atoms with E-state index in [0.29, 0.717) is 0 Å². The molecule has 0 aliphatic heterocycles. The fourth-order valence-corrected chi connectivity index (χ4v) is 2.24. The van der Waals surface area contributed by atoms with Crippen LogP contribution in [0.3, 0.4) is 0 Å². The van der Waals surface area contributed by atoms with Gasteiger partial charge in [0.25, 0.3) is 0 Å². The molecule has 79 valence electrons. The highest BCUT2D eigenvalue weighted by molar-refractivity contribution is 7.22. The van der Waals surface area contributed by atoms with Crippen LogP contribution in [-0.4, -0.2) is 26.1 Å². The molecule has 5 heteroatoms. The zero-order chi connectivity index (χ0) is 10.8. The highest BCUT2D eigenvalue weighted by Crippen LogP contribution is 2.33. The zero-order valence-corrected chi connectivity index (χ0v) is 9.75. The molecule has 3 N–H and O–H groups in total. The van der Waals surface area contributed by atoms with Gasteiger partial charge in [-0.05, 0) is 6.07 Å². The van der Waals surface area contributed by atoms with Crippen molar-refractivity contribution in [3.8, 4) is 0 Å². The second-order valence-electron chi connectivity index (χ2n) is 3.04. The van der Waals surface area contributed by atoms with E-state index in [-0.39, 0.29) is 0 Å². The Bertz CT molecular complexity index is 477. The molecule has 0 saturated heterocycles. The maximum absolute atomic E-state index is 4.46. The predicted octanol–water partition coefficient (Wildman–Crippen LogP) is 2.22. The van der Waals surface area contributed by atoms with Crippen LogP contribution in [0.5, 0.6) is 0 Å². The molecule has 1 aromatic heterocycles. The minimum absolute atomic E-state index is 0.908. The summed E-state index contributed by atoms with van der Waals surface area (Å²) in [6.45, 7) is 0. The zero-order valence-electron chi connectivity index (χ0n) is 8.93. The fraction of sp³-hybridized carbons (Fsp3) is 0.300. The topological polar surface area (TPSA) is 49.0 Å². The third-order valence-electron chi connectivity index (χ3n) is 2.17. The number of nitrogens with zero attached hydrogens (tertiary/aromatic N) is 1. The molecule has 2 aromatic rings. The van der Waals surface area contributed by atoms with E-state index in [9.17, 15) is 0 Å². The normalized spacial score (nSPS) is 10.3. The van der Waals surface area contributed by atoms with Crippen molar-refractivity contribution >= 4 is 38.1 Å². The lowest BCUT2D eigenvalue weighted by Crippen LogP contribution is -1.93. The van der Waals surface area contributed by atoms with Crippen LogP contribution in [-0.2, 0) is 0 Å². The molecule has 0 aliphatic rings. The summed E-state index contributed by atoms with van der Waals surface area (Å²) in [7, 11) is 5.65. The van der Waals surface area contributed by atoms with Crippen molar-refractivity contribution in [3.63, 3.8) is 0 Å². The Balaban J connectivity index is 2.66. The van der Waals surface area contributed by atoms with Crippen molar-refractivity contribution in [2.75, 3.05) is 37.1 Å². The van der Waals surface area contributed by atoms with Gasteiger partial charge in [0.1, 0.15) is 5.52 Å². The van der Waals surface area contributed by atoms with E-state index >= 15 is 0 Å². The van der Waals surface area contributed by atoms with E-state index in [2.05, 4.69) is 27.0 Å². The van der Waals surface area contributed by atoms with Gasteiger partial charge in [0.2, 0.25) is 0 Å². The van der Waals surface area contributed by atoms with Crippen LogP contribution >= 0.6 is 11.3 Å². The summed E-state index contributed by atoms with van der Waals surface area (Å²) < 4.78 is 1.05. The highest BCUT2D eigenvalue weighted by atomic mass is 32.1. The minimum Gasteiger partial charge on any atom is -0.388 e. The average molecular weight is 221 g/mol. The van der Waals surface area contributed by atoms with Gasteiger partial charge in [-0.25, -0.2) is 4.98 Å². The molecule has 1 radical (unpaired) electrons. The van der Waals surface area contributed by atoms with Gasteiger partial charge >= 0.3 is 0 Å². The molecule has 2 rings (SSSR count). The summed E-state index contributed by atoms with van der Waals surface area (Å²) in [5.74, 6) is 0. The number of thiazole rings is 1. The molecule has 0 aliphatic carbocycles. The summed E-state index contributed by atoms with van der Waals surface area (Å²) in [6.07, 6.45) is 0. The number of benzene rings is 1. The Labute approximate surface area is 92.7 Å². The summed E-state index contributed by atoms with van der Waals surface area (Å²) >= 11 is 1.60. The first-order valence-electron chi connectivity index (χ1n) is 4.68. The van der Waals surface area contributed by atoms with Crippen LogP contribution in [0.15, 0.2) is 6.07 Å². The maximum atomic E-state index is 4.46. The molecule has 0 unspecified atom stereocenters. The van der Waals surface area contributed by atoms with Gasteiger partial charge in [-0.3, -0.25) is 0 Å². The van der Waals surface area contributed by atoms with E-state index in [1.54, 1.807) is 11.3 Å². The lowest BCUT2D eigenvalue weighted by atomic mass is 10.2. The van der Waals surface area contributed by atoms with E-state index in [1.165, 1.54) is 0 Å². The Kier molecular flexibility index (Phi) is 2.64. The first-order valence-corrected chi connectivity index (χ1v) is 5.50. The predicted molar refractivity (Wildman–Crippen MR) is 67.1 cm³/mol. The minimum atomic E-state index is 0.908. The first kappa shape index (κ1) is 10.0. The Hall–Kier alpha value is -1.49. The van der Waals surface area contributed by atoms with Crippen molar-refractivity contribution in [2.45, 2.75) is 0 Å². The van der Waals surface area contributed by atoms with Crippen molar-refractivity contribution in [3.05, 3.63) is 12.1 Å². The fourth-order valence-electron chi connectivity index (χ4n) is 1.39. The Morgan fingerprint density at radius 1 is 1.20 bits per heavy atom. The number of rotatable bonds is 3. The summed E-state index contributed by atoms with van der Waals surface area (Å²) in [5.41, 5.74) is 2.95. The van der Waals surface area contributed by atoms with Crippen LogP contribution in [0, 0.1) is 6.07 Å². The van der Waals surface area contributed by atoms with E-state index in [0.717, 1.165) is 26.7 Å². The van der Waals surface area contributed by atoms with Crippen LogP contribution in [0.4, 0.5) is 16.5 Å². The van der Waals surface area contributed by atoms with Crippen LogP contribution < -0.4 is 16.0 Å². The molecule has 0 spiro atoms. The molecule has 0 amide bonds. The van der Waals surface area contributed by atoms with E-state index in [4.69, 9.17) is 0 Å². The third kappa shape index (κ3) is 1.70. The monoisotopic (exact) mass is 221 g/mol. The van der Waals surface area contributed by atoms with Gasteiger partial charge in [0.05, 0.1) is 10.4 Å². The van der Waals surface area contributed by atoms with E-state index < -0.39 is 0 Å². The SMILES string of the molecule is CNc1[c]c2sc(NC)nc2c(NC)c1. The van der Waals surface area contributed by atoms with Gasteiger partial charge in [-0.15, -0.1) is 0 Å². The van der Waals surface area contributed by atoms with Crippen molar-refractivity contribution in [2.24, 2.45) is 0 Å². The lowest BCUT2D eigenvalue weighted by Gasteiger charge is -2.04. The van der Waals surface area contributed by atoms with Crippen LogP contribution in [0.1, 0.15) is 0 Å². The van der Waals surface area contributed by atoms with Crippen molar-refractivity contribution < 1.29 is 0 Å². The van der Waals surface area contributed by atoms with E-state index in [1.807, 2.05) is 27.2 Å². The summed E-state index contributed by atoms with van der Waals surface area (Å²) in [5, 5.41) is 10.2. The molecule has 0 bridgehead atoms. The standard InChI is InChI=1S/C10H13N4S/c1-11-6-4-7(12-2)9-8(5-6)15-10(13-3)14-9/h4,11-12H,1-3H3,(H,13,14). The van der Waals surface area contributed by atoms with Crippen LogP contribution in [0.25, 0.3) is 10.2 Å². The van der Waals surface area contributed by atoms with Gasteiger partial charge in [-0.2, -0.15) is 0 Å².